The van der Waals surface area contributed by atoms with Crippen molar-refractivity contribution in [2.45, 2.75) is 85.1 Å². The van der Waals surface area contributed by atoms with Crippen LogP contribution in [0.5, 0.6) is 0 Å². The molecule has 1 saturated heterocycles. The van der Waals surface area contributed by atoms with Crippen LogP contribution >= 0.6 is 0 Å². The van der Waals surface area contributed by atoms with Gasteiger partial charge in [0.15, 0.2) is 0 Å². The van der Waals surface area contributed by atoms with Gasteiger partial charge in [-0.25, -0.2) is 9.59 Å². The van der Waals surface area contributed by atoms with Gasteiger partial charge in [0.05, 0.1) is 12.6 Å². The van der Waals surface area contributed by atoms with Crippen LogP contribution in [-0.2, 0) is 30.4 Å². The van der Waals surface area contributed by atoms with Crippen molar-refractivity contribution in [1.29, 1.82) is 0 Å². The van der Waals surface area contributed by atoms with Crippen LogP contribution in [0.2, 0.25) is 0 Å². The standard InChI is InChI=1S/C28H43N3O7/c1-7-36-24(32)18-31(27(35)37-19-21-12-9-8-10-13-21)22-14-11-15-30(17-22)25(33)23(16-20(2)3)29-26(34)38-28(4,5)6/h8-10,12-13,20,22-23H,7,11,14-19H2,1-6H3,(H,29,34)/t22-,23+/m1/s1. The van der Waals surface area contributed by atoms with Crippen molar-refractivity contribution in [3.8, 4) is 0 Å². The number of hydrogen-bond acceptors (Lipinski definition) is 7. The fraction of sp³-hybridized carbons (Fsp3) is 0.643. The Balaban J connectivity index is 2.15. The molecular weight excluding hydrogens is 490 g/mol. The largest absolute Gasteiger partial charge is 0.465 e. The van der Waals surface area contributed by atoms with E-state index in [9.17, 15) is 19.2 Å². The van der Waals surface area contributed by atoms with Gasteiger partial charge in [0, 0.05) is 13.1 Å². The molecule has 1 fully saturated rings. The minimum Gasteiger partial charge on any atom is -0.465 e. The third-order valence-electron chi connectivity index (χ3n) is 5.89. The number of piperidine rings is 1. The third-order valence-corrected chi connectivity index (χ3v) is 5.89. The van der Waals surface area contributed by atoms with E-state index in [0.717, 1.165) is 5.56 Å². The van der Waals surface area contributed by atoms with Crippen molar-refractivity contribution in [3.05, 3.63) is 35.9 Å². The summed E-state index contributed by atoms with van der Waals surface area (Å²) in [6.45, 7) is 11.6. The number of carbonyl (C=O) groups excluding carboxylic acids is 4. The number of nitrogens with one attached hydrogen (secondary N) is 1. The van der Waals surface area contributed by atoms with Crippen molar-refractivity contribution in [1.82, 2.24) is 15.1 Å². The van der Waals surface area contributed by atoms with Gasteiger partial charge >= 0.3 is 18.2 Å². The Morgan fingerprint density at radius 3 is 2.39 bits per heavy atom. The maximum Gasteiger partial charge on any atom is 0.410 e. The molecule has 2 rings (SSSR count). The highest BCUT2D eigenvalue weighted by molar-refractivity contribution is 5.86. The summed E-state index contributed by atoms with van der Waals surface area (Å²) in [6, 6.07) is 8.05. The molecular formula is C28H43N3O7. The summed E-state index contributed by atoms with van der Waals surface area (Å²) in [7, 11) is 0. The van der Waals surface area contributed by atoms with E-state index in [1.165, 1.54) is 4.90 Å². The summed E-state index contributed by atoms with van der Waals surface area (Å²) in [5.74, 6) is -0.646. The van der Waals surface area contributed by atoms with Crippen LogP contribution in [0.1, 0.15) is 66.4 Å². The maximum absolute atomic E-state index is 13.5. The van der Waals surface area contributed by atoms with Gasteiger partial charge in [0.1, 0.15) is 24.8 Å². The molecule has 1 N–H and O–H groups in total. The predicted molar refractivity (Wildman–Crippen MR) is 142 cm³/mol. The molecule has 0 radical (unpaired) electrons. The van der Waals surface area contributed by atoms with Gasteiger partial charge in [0.2, 0.25) is 5.91 Å². The van der Waals surface area contributed by atoms with Gasteiger partial charge in [-0.1, -0.05) is 44.2 Å². The molecule has 2 atom stereocenters. The van der Waals surface area contributed by atoms with E-state index in [1.54, 1.807) is 32.6 Å². The molecule has 0 saturated carbocycles. The van der Waals surface area contributed by atoms with Crippen molar-refractivity contribution >= 4 is 24.1 Å². The van der Waals surface area contributed by atoms with Crippen LogP contribution in [-0.4, -0.2) is 77.8 Å². The van der Waals surface area contributed by atoms with E-state index < -0.39 is 35.8 Å². The summed E-state index contributed by atoms with van der Waals surface area (Å²) < 4.78 is 16.0. The van der Waals surface area contributed by atoms with E-state index in [4.69, 9.17) is 14.2 Å². The molecule has 0 aliphatic carbocycles. The van der Waals surface area contributed by atoms with Gasteiger partial charge in [-0.05, 0) is 58.4 Å². The van der Waals surface area contributed by atoms with E-state index in [2.05, 4.69) is 5.32 Å². The number of hydrogen-bond donors (Lipinski definition) is 1. The molecule has 1 aromatic rings. The van der Waals surface area contributed by atoms with Gasteiger partial charge in [-0.2, -0.15) is 0 Å². The first-order chi connectivity index (χ1) is 17.9. The van der Waals surface area contributed by atoms with Gasteiger partial charge in [-0.3, -0.25) is 14.5 Å². The molecule has 38 heavy (non-hydrogen) atoms. The Labute approximate surface area is 226 Å². The highest BCUT2D eigenvalue weighted by Crippen LogP contribution is 2.20. The number of nitrogens with zero attached hydrogens (tertiary/aromatic N) is 2. The quantitative estimate of drug-likeness (QED) is 0.355. The topological polar surface area (TPSA) is 114 Å². The van der Waals surface area contributed by atoms with Gasteiger partial charge in [0.25, 0.3) is 0 Å². The van der Waals surface area contributed by atoms with Crippen LogP contribution in [0.25, 0.3) is 0 Å². The normalized spacial score (nSPS) is 16.4. The lowest BCUT2D eigenvalue weighted by Crippen LogP contribution is -2.57. The second-order valence-electron chi connectivity index (χ2n) is 10.9. The third kappa shape index (κ3) is 10.6. The average molecular weight is 534 g/mol. The Hall–Kier alpha value is -3.30. The first kappa shape index (κ1) is 30.9. The number of benzene rings is 1. The number of esters is 1. The molecule has 212 valence electrons. The number of carbonyl (C=O) groups is 4. The van der Waals surface area contributed by atoms with Crippen molar-refractivity contribution in [2.24, 2.45) is 5.92 Å². The fourth-order valence-corrected chi connectivity index (χ4v) is 4.26. The average Bonchev–Trinajstić information content (AvgIpc) is 2.84. The van der Waals surface area contributed by atoms with Gasteiger partial charge in [-0.15, -0.1) is 0 Å². The molecule has 1 aliphatic heterocycles. The minimum atomic E-state index is -0.771. The second kappa shape index (κ2) is 14.6. The van der Waals surface area contributed by atoms with E-state index in [1.807, 2.05) is 44.2 Å². The number of amides is 3. The molecule has 1 heterocycles. The van der Waals surface area contributed by atoms with Crippen LogP contribution in [0.3, 0.4) is 0 Å². The summed E-state index contributed by atoms with van der Waals surface area (Å²) in [5, 5.41) is 2.72. The highest BCUT2D eigenvalue weighted by Gasteiger charge is 2.36. The Kier molecular flexibility index (Phi) is 11.9. The lowest BCUT2D eigenvalue weighted by Gasteiger charge is -2.39. The predicted octanol–water partition coefficient (Wildman–Crippen LogP) is 4.12. The molecule has 1 aliphatic rings. The second-order valence-corrected chi connectivity index (χ2v) is 10.9. The summed E-state index contributed by atoms with van der Waals surface area (Å²) in [4.78, 5) is 54.4. The number of ether oxygens (including phenoxy) is 3. The first-order valence-corrected chi connectivity index (χ1v) is 13.3. The minimum absolute atomic E-state index is 0.0602. The highest BCUT2D eigenvalue weighted by atomic mass is 16.6. The zero-order chi connectivity index (χ0) is 28.3. The van der Waals surface area contributed by atoms with E-state index in [-0.39, 0.29) is 38.1 Å². The fourth-order valence-electron chi connectivity index (χ4n) is 4.26. The molecule has 1 aromatic carbocycles. The zero-order valence-corrected chi connectivity index (χ0v) is 23.5. The van der Waals surface area contributed by atoms with Crippen molar-refractivity contribution < 1.29 is 33.4 Å². The van der Waals surface area contributed by atoms with Crippen LogP contribution in [0.15, 0.2) is 30.3 Å². The van der Waals surface area contributed by atoms with Crippen LogP contribution in [0.4, 0.5) is 9.59 Å². The molecule has 0 aromatic heterocycles. The van der Waals surface area contributed by atoms with Crippen LogP contribution < -0.4 is 5.32 Å². The van der Waals surface area contributed by atoms with Crippen LogP contribution in [0, 0.1) is 5.92 Å². The van der Waals surface area contributed by atoms with Crippen molar-refractivity contribution in [3.63, 3.8) is 0 Å². The van der Waals surface area contributed by atoms with E-state index in [0.29, 0.717) is 25.8 Å². The monoisotopic (exact) mass is 533 g/mol. The molecule has 10 nitrogen and oxygen atoms in total. The Morgan fingerprint density at radius 1 is 1.11 bits per heavy atom. The van der Waals surface area contributed by atoms with E-state index >= 15 is 0 Å². The zero-order valence-electron chi connectivity index (χ0n) is 23.5. The Bertz CT molecular complexity index is 930. The maximum atomic E-state index is 13.5. The molecule has 3 amide bonds. The number of rotatable bonds is 10. The SMILES string of the molecule is CCOC(=O)CN(C(=O)OCc1ccccc1)[C@@H]1CCCN(C(=O)[C@H](CC(C)C)NC(=O)OC(C)(C)C)C1. The molecule has 0 bridgehead atoms. The summed E-state index contributed by atoms with van der Waals surface area (Å²) in [6.07, 6.45) is 0.357. The smallest absolute Gasteiger partial charge is 0.410 e. The summed E-state index contributed by atoms with van der Waals surface area (Å²) >= 11 is 0. The molecule has 0 spiro atoms. The molecule has 10 heteroatoms. The van der Waals surface area contributed by atoms with Gasteiger partial charge < -0.3 is 24.4 Å². The molecule has 0 unspecified atom stereocenters. The van der Waals surface area contributed by atoms with Crippen molar-refractivity contribution in [2.75, 3.05) is 26.2 Å². The first-order valence-electron chi connectivity index (χ1n) is 13.3. The number of likely N-dealkylation sites (tertiary alicyclic amines) is 1. The number of alkyl carbamates (subject to hydrolysis) is 1. The Morgan fingerprint density at radius 2 is 1.79 bits per heavy atom. The lowest BCUT2D eigenvalue weighted by atomic mass is 9.99. The lowest BCUT2D eigenvalue weighted by molar-refractivity contribution is -0.145. The summed E-state index contributed by atoms with van der Waals surface area (Å²) in [5.41, 5.74) is 0.126.